The minimum atomic E-state index is -3.24. The standard InChI is InChI=1S/2C31H24F4N6O6/c2*32-20-12-19(22-5-7-37-31(40-22)46-14-16-2-4-24(27(36)42)39-28(16)47-30(34)35)21(33)9-17(20)11-26-38-23-3-1-15(29(43)44)10-25(23)41(26)13-18-6-8-45-18/h2*1-5,7,9-10,12,18,30H,6,8,11,13-14H2,(H2,36,42)(H,43,44)/t2*18-/m00/s1. The van der Waals surface area contributed by atoms with E-state index in [0.717, 1.165) is 37.1 Å². The molecule has 2 fully saturated rings. The molecule has 0 bridgehead atoms. The number of imidazole rings is 2. The molecule has 6 aromatic heterocycles. The van der Waals surface area contributed by atoms with Gasteiger partial charge in [0.25, 0.3) is 11.8 Å². The van der Waals surface area contributed by atoms with Crippen molar-refractivity contribution in [3.63, 3.8) is 0 Å². The number of pyridine rings is 2. The van der Waals surface area contributed by atoms with E-state index in [0.29, 0.717) is 60.0 Å². The van der Waals surface area contributed by atoms with E-state index in [4.69, 9.17) is 30.4 Å². The van der Waals surface area contributed by atoms with Crippen molar-refractivity contribution in [3.05, 3.63) is 189 Å². The maximum absolute atomic E-state index is 15.5. The Labute approximate surface area is 523 Å². The van der Waals surface area contributed by atoms with E-state index in [1.165, 1.54) is 73.1 Å². The Morgan fingerprint density at radius 2 is 0.926 bits per heavy atom. The molecule has 94 heavy (non-hydrogen) atoms. The number of carboxylic acid groups (broad SMARTS) is 2. The normalized spacial score (nSPS) is 14.3. The summed E-state index contributed by atoms with van der Waals surface area (Å²) in [5, 5.41) is 18.9. The van der Waals surface area contributed by atoms with Crippen LogP contribution in [-0.2, 0) is 48.6 Å². The second kappa shape index (κ2) is 27.7. The van der Waals surface area contributed by atoms with Gasteiger partial charge in [-0.3, -0.25) is 9.59 Å². The first-order valence-corrected chi connectivity index (χ1v) is 28.2. The van der Waals surface area contributed by atoms with Crippen LogP contribution in [0.25, 0.3) is 44.6 Å². The number of aromatic nitrogens is 10. The number of primary amides is 2. The number of ether oxygens (including phenoxy) is 6. The number of fused-ring (bicyclic) bond motifs is 2. The number of hydrogen-bond acceptors (Lipinski definition) is 18. The Kier molecular flexibility index (Phi) is 18.9. The smallest absolute Gasteiger partial charge is 0.388 e. The van der Waals surface area contributed by atoms with Crippen LogP contribution >= 0.6 is 0 Å². The summed E-state index contributed by atoms with van der Waals surface area (Å²) >= 11 is 0. The lowest BCUT2D eigenvalue weighted by molar-refractivity contribution is -0.0591. The third-order valence-corrected chi connectivity index (χ3v) is 14.8. The van der Waals surface area contributed by atoms with Gasteiger partial charge in [0.05, 0.1) is 81.0 Å². The zero-order chi connectivity index (χ0) is 66.5. The highest BCUT2D eigenvalue weighted by atomic mass is 19.3. The molecule has 0 saturated carbocycles. The number of nitrogens with two attached hydrogens (primary N) is 2. The minimum Gasteiger partial charge on any atom is -0.478 e. The van der Waals surface area contributed by atoms with Gasteiger partial charge >= 0.3 is 37.2 Å². The predicted molar refractivity (Wildman–Crippen MR) is 310 cm³/mol. The first-order valence-electron chi connectivity index (χ1n) is 28.2. The molecule has 32 heteroatoms. The predicted octanol–water partition coefficient (Wildman–Crippen LogP) is 9.05. The van der Waals surface area contributed by atoms with Crippen LogP contribution in [0.5, 0.6) is 23.8 Å². The number of alkyl halides is 4. The second-order valence-corrected chi connectivity index (χ2v) is 20.9. The highest BCUT2D eigenvalue weighted by Crippen LogP contribution is 2.33. The van der Waals surface area contributed by atoms with Gasteiger partial charge in [0.2, 0.25) is 11.8 Å². The first-order chi connectivity index (χ1) is 45.1. The molecule has 8 heterocycles. The average Bonchev–Trinajstić information content (AvgIpc) is 1.61. The molecule has 6 N–H and O–H groups in total. The molecule has 12 rings (SSSR count). The molecule has 2 atom stereocenters. The Balaban J connectivity index is 0.000000192. The van der Waals surface area contributed by atoms with Gasteiger partial charge in [0, 0.05) is 49.6 Å². The molecule has 0 spiro atoms. The van der Waals surface area contributed by atoms with Gasteiger partial charge in [-0.05, 0) is 121 Å². The summed E-state index contributed by atoms with van der Waals surface area (Å²) in [6.45, 7) is -5.42. The Morgan fingerprint density at radius 1 is 0.521 bits per heavy atom. The van der Waals surface area contributed by atoms with Crippen LogP contribution in [0.3, 0.4) is 0 Å². The molecule has 0 unspecified atom stereocenters. The van der Waals surface area contributed by atoms with E-state index >= 15 is 17.6 Å². The van der Waals surface area contributed by atoms with Crippen molar-refractivity contribution in [2.75, 3.05) is 13.2 Å². The van der Waals surface area contributed by atoms with E-state index in [-0.39, 0.29) is 104 Å². The third-order valence-electron chi connectivity index (χ3n) is 14.8. The summed E-state index contributed by atoms with van der Waals surface area (Å²) in [6, 6.07) is 19.9. The van der Waals surface area contributed by atoms with Crippen LogP contribution in [0.15, 0.2) is 109 Å². The molecule has 24 nitrogen and oxygen atoms in total. The van der Waals surface area contributed by atoms with E-state index in [1.807, 2.05) is 0 Å². The number of carbonyl (C=O) groups excluding carboxylic acids is 2. The van der Waals surface area contributed by atoms with E-state index < -0.39 is 85.2 Å². The summed E-state index contributed by atoms with van der Waals surface area (Å²) in [4.78, 5) is 78.5. The van der Waals surface area contributed by atoms with Gasteiger partial charge in [-0.1, -0.05) is 0 Å². The van der Waals surface area contributed by atoms with Crippen LogP contribution in [0, 0.1) is 23.3 Å². The largest absolute Gasteiger partial charge is 0.478 e. The fourth-order valence-corrected chi connectivity index (χ4v) is 9.94. The van der Waals surface area contributed by atoms with Crippen molar-refractivity contribution in [1.29, 1.82) is 0 Å². The number of benzene rings is 4. The van der Waals surface area contributed by atoms with Gasteiger partial charge in [-0.25, -0.2) is 57.1 Å². The van der Waals surface area contributed by atoms with Crippen molar-refractivity contribution in [1.82, 2.24) is 49.0 Å². The van der Waals surface area contributed by atoms with Crippen LogP contribution in [0.4, 0.5) is 35.1 Å². The van der Waals surface area contributed by atoms with Gasteiger partial charge in [0.1, 0.15) is 59.5 Å². The Morgan fingerprint density at radius 3 is 1.28 bits per heavy atom. The second-order valence-electron chi connectivity index (χ2n) is 20.9. The molecule has 2 aliphatic rings. The minimum absolute atomic E-state index is 0.000196. The average molecular weight is 1310 g/mol. The number of amides is 2. The van der Waals surface area contributed by atoms with Crippen molar-refractivity contribution in [2.24, 2.45) is 11.5 Å². The van der Waals surface area contributed by atoms with E-state index in [2.05, 4.69) is 49.3 Å². The summed E-state index contributed by atoms with van der Waals surface area (Å²) in [7, 11) is 0. The number of carboxylic acids is 2. The summed E-state index contributed by atoms with van der Waals surface area (Å²) in [6.07, 6.45) is 3.63. The topological polar surface area (TPSA) is 329 Å². The maximum atomic E-state index is 15.5. The number of aromatic carboxylic acids is 2. The number of hydrogen-bond donors (Lipinski definition) is 4. The summed E-state index contributed by atoms with van der Waals surface area (Å²) in [5.41, 5.74) is 11.5. The number of carbonyl (C=O) groups is 4. The summed E-state index contributed by atoms with van der Waals surface area (Å²) in [5.74, 6) is -7.61. The molecule has 10 aromatic rings. The molecule has 2 saturated heterocycles. The van der Waals surface area contributed by atoms with Crippen LogP contribution < -0.4 is 30.4 Å². The molecule has 2 amide bonds. The lowest BCUT2D eigenvalue weighted by atomic mass is 10.0. The maximum Gasteiger partial charge on any atom is 0.388 e. The molecule has 2 aliphatic heterocycles. The van der Waals surface area contributed by atoms with Gasteiger partial charge < -0.3 is 59.2 Å². The summed E-state index contributed by atoms with van der Waals surface area (Å²) < 4.78 is 148. The lowest BCUT2D eigenvalue weighted by Crippen LogP contribution is -2.31. The molecule has 0 aliphatic carbocycles. The first kappa shape index (κ1) is 64.3. The molecule has 0 radical (unpaired) electrons. The molecule has 484 valence electrons. The van der Waals surface area contributed by atoms with Crippen molar-refractivity contribution in [2.45, 2.75) is 77.4 Å². The highest BCUT2D eigenvalue weighted by molar-refractivity contribution is 5.94. The SMILES string of the molecule is NC(=O)c1ccc(COc2nccc(-c3cc(F)c(Cc4nc5ccc(C(=O)O)cc5n4C[C@@H]4CCO4)cc3F)n2)c(OC(F)F)n1.NC(=O)c1ccc(COc2nccc(-c3cc(F)c(Cc4nc5ccc(C(=O)O)cc5n4C[C@@H]4CCO4)cc3F)n2)c(OC(F)F)n1. The zero-order valence-electron chi connectivity index (χ0n) is 48.4. The van der Waals surface area contributed by atoms with Gasteiger partial charge in [-0.15, -0.1) is 0 Å². The van der Waals surface area contributed by atoms with E-state index in [1.54, 1.807) is 21.3 Å². The monoisotopic (exact) mass is 1300 g/mol. The third kappa shape index (κ3) is 14.7. The lowest BCUT2D eigenvalue weighted by Gasteiger charge is -2.27. The highest BCUT2D eigenvalue weighted by Gasteiger charge is 2.27. The van der Waals surface area contributed by atoms with Gasteiger partial charge in [0.15, 0.2) is 0 Å². The van der Waals surface area contributed by atoms with Crippen LogP contribution in [-0.4, -0.2) is 122 Å². The van der Waals surface area contributed by atoms with E-state index in [9.17, 15) is 47.0 Å². The molecule has 4 aromatic carbocycles. The Bertz CT molecular complexity index is 4290. The quantitative estimate of drug-likeness (QED) is 0.0410. The number of halogens is 8. The van der Waals surface area contributed by atoms with Crippen molar-refractivity contribution < 1.29 is 92.9 Å². The van der Waals surface area contributed by atoms with Crippen molar-refractivity contribution in [3.8, 4) is 46.3 Å². The fourth-order valence-electron chi connectivity index (χ4n) is 9.94. The number of nitrogens with zero attached hydrogens (tertiary/aromatic N) is 10. The molecular weight excluding hydrogens is 1260 g/mol. The fraction of sp³-hybridized carbons (Fsp3) is 0.226. The Hall–Kier alpha value is -11.3. The van der Waals surface area contributed by atoms with Crippen molar-refractivity contribution >= 4 is 45.8 Å². The zero-order valence-corrected chi connectivity index (χ0v) is 48.4. The number of rotatable bonds is 24. The molecular formula is C62H48F8N12O12. The van der Waals surface area contributed by atoms with Crippen LogP contribution in [0.1, 0.15) is 88.4 Å². The van der Waals surface area contributed by atoms with Gasteiger partial charge in [-0.2, -0.15) is 27.5 Å². The van der Waals surface area contributed by atoms with Crippen LogP contribution in [0.2, 0.25) is 0 Å².